The third-order valence-electron chi connectivity index (χ3n) is 4.79. The van der Waals surface area contributed by atoms with Crippen molar-refractivity contribution in [1.29, 1.82) is 0 Å². The van der Waals surface area contributed by atoms with Gasteiger partial charge in [0.1, 0.15) is 5.75 Å². The number of nitrogens with two attached hydrogens (primary N) is 1. The Morgan fingerprint density at radius 3 is 2.53 bits per heavy atom. The van der Waals surface area contributed by atoms with Crippen molar-refractivity contribution in [2.45, 2.75) is 25.9 Å². The summed E-state index contributed by atoms with van der Waals surface area (Å²) in [5, 5.41) is 2.77. The molecule has 1 aliphatic heterocycles. The fourth-order valence-electron chi connectivity index (χ4n) is 3.36. The van der Waals surface area contributed by atoms with E-state index in [9.17, 15) is 18.4 Å². The topological polar surface area (TPSA) is 84.7 Å². The molecule has 1 fully saturated rings. The van der Waals surface area contributed by atoms with Gasteiger partial charge in [0.15, 0.2) is 0 Å². The quantitative estimate of drug-likeness (QED) is 0.669. The van der Waals surface area contributed by atoms with E-state index in [0.717, 1.165) is 38.0 Å². The number of primary amides is 1. The summed E-state index contributed by atoms with van der Waals surface area (Å²) in [7, 11) is 0. The number of carbonyl (C=O) groups excluding carboxylic acids is 2. The standard InChI is InChI=1S/C22H23F2N3O3/c23-22(24)30-19-7-3-2-6-15(19)9-11-20(28)26-17-14-16(21(25)29)8-10-18(17)27-12-4-1-5-13-27/h2-3,6-11,14,22H,1,4-5,12-13H2,(H2,25,29)(H,26,28). The molecule has 8 heteroatoms. The van der Waals surface area contributed by atoms with E-state index in [1.54, 1.807) is 36.4 Å². The van der Waals surface area contributed by atoms with Gasteiger partial charge in [-0.05, 0) is 49.6 Å². The number of ether oxygens (including phenoxy) is 1. The first kappa shape index (κ1) is 21.3. The summed E-state index contributed by atoms with van der Waals surface area (Å²) in [5.41, 5.74) is 7.28. The van der Waals surface area contributed by atoms with Crippen LogP contribution in [-0.2, 0) is 4.79 Å². The lowest BCUT2D eigenvalue weighted by molar-refractivity contribution is -0.111. The average molecular weight is 415 g/mol. The Balaban J connectivity index is 1.81. The van der Waals surface area contributed by atoms with Crippen LogP contribution < -0.4 is 20.7 Å². The van der Waals surface area contributed by atoms with Gasteiger partial charge in [-0.3, -0.25) is 9.59 Å². The third-order valence-corrected chi connectivity index (χ3v) is 4.79. The molecule has 0 saturated carbocycles. The fraction of sp³-hybridized carbons (Fsp3) is 0.273. The molecule has 0 atom stereocenters. The Labute approximate surface area is 173 Å². The van der Waals surface area contributed by atoms with E-state index in [2.05, 4.69) is 15.0 Å². The van der Waals surface area contributed by atoms with Crippen LogP contribution in [0.15, 0.2) is 48.5 Å². The maximum absolute atomic E-state index is 12.5. The van der Waals surface area contributed by atoms with Gasteiger partial charge in [0.2, 0.25) is 11.8 Å². The monoisotopic (exact) mass is 415 g/mol. The Morgan fingerprint density at radius 1 is 1.10 bits per heavy atom. The van der Waals surface area contributed by atoms with Crippen molar-refractivity contribution in [3.05, 3.63) is 59.7 Å². The van der Waals surface area contributed by atoms with Gasteiger partial charge in [-0.1, -0.05) is 18.2 Å². The maximum atomic E-state index is 12.5. The number of nitrogens with zero attached hydrogens (tertiary/aromatic N) is 1. The van der Waals surface area contributed by atoms with E-state index in [0.29, 0.717) is 11.3 Å². The number of carbonyl (C=O) groups is 2. The highest BCUT2D eigenvalue weighted by atomic mass is 19.3. The van der Waals surface area contributed by atoms with E-state index in [1.165, 1.54) is 18.2 Å². The first-order chi connectivity index (χ1) is 14.4. The number of nitrogens with one attached hydrogen (secondary N) is 1. The van der Waals surface area contributed by atoms with E-state index >= 15 is 0 Å². The minimum atomic E-state index is -2.96. The first-order valence-electron chi connectivity index (χ1n) is 9.66. The molecule has 6 nitrogen and oxygen atoms in total. The number of alkyl halides is 2. The number of hydrogen-bond acceptors (Lipinski definition) is 4. The number of rotatable bonds is 7. The lowest BCUT2D eigenvalue weighted by Crippen LogP contribution is -2.30. The molecular weight excluding hydrogens is 392 g/mol. The summed E-state index contributed by atoms with van der Waals surface area (Å²) in [4.78, 5) is 26.2. The predicted molar refractivity (Wildman–Crippen MR) is 112 cm³/mol. The Hall–Kier alpha value is -3.42. The summed E-state index contributed by atoms with van der Waals surface area (Å²) in [6.45, 7) is -1.25. The summed E-state index contributed by atoms with van der Waals surface area (Å²) < 4.78 is 29.5. The van der Waals surface area contributed by atoms with Crippen molar-refractivity contribution in [2.24, 2.45) is 5.73 Å². The molecule has 0 spiro atoms. The van der Waals surface area contributed by atoms with Gasteiger partial charge in [0.05, 0.1) is 11.4 Å². The zero-order valence-electron chi connectivity index (χ0n) is 16.3. The highest BCUT2D eigenvalue weighted by Gasteiger charge is 2.17. The average Bonchev–Trinajstić information content (AvgIpc) is 2.73. The van der Waals surface area contributed by atoms with E-state index < -0.39 is 18.4 Å². The molecule has 0 radical (unpaired) electrons. The van der Waals surface area contributed by atoms with Crippen molar-refractivity contribution in [3.63, 3.8) is 0 Å². The van der Waals surface area contributed by atoms with Gasteiger partial charge in [-0.15, -0.1) is 0 Å². The van der Waals surface area contributed by atoms with Crippen LogP contribution in [0.2, 0.25) is 0 Å². The third kappa shape index (κ3) is 5.56. The maximum Gasteiger partial charge on any atom is 0.387 e. The number of halogens is 2. The molecule has 0 aromatic heterocycles. The number of hydrogen-bond donors (Lipinski definition) is 2. The summed E-state index contributed by atoms with van der Waals surface area (Å²) in [6.07, 6.45) is 5.87. The number of piperidine rings is 1. The van der Waals surface area contributed by atoms with Gasteiger partial charge in [0.25, 0.3) is 0 Å². The summed E-state index contributed by atoms with van der Waals surface area (Å²) >= 11 is 0. The molecule has 3 N–H and O–H groups in total. The van der Waals surface area contributed by atoms with Gasteiger partial charge < -0.3 is 20.7 Å². The number of anilines is 2. The van der Waals surface area contributed by atoms with Crippen LogP contribution in [-0.4, -0.2) is 31.5 Å². The molecule has 158 valence electrons. The van der Waals surface area contributed by atoms with Crippen molar-refractivity contribution in [1.82, 2.24) is 0 Å². The van der Waals surface area contributed by atoms with Crippen LogP contribution in [0.25, 0.3) is 6.08 Å². The van der Waals surface area contributed by atoms with Crippen molar-refractivity contribution in [3.8, 4) is 5.75 Å². The Morgan fingerprint density at radius 2 is 1.83 bits per heavy atom. The molecule has 0 unspecified atom stereocenters. The van der Waals surface area contributed by atoms with E-state index in [4.69, 9.17) is 5.73 Å². The van der Waals surface area contributed by atoms with Crippen molar-refractivity contribution < 1.29 is 23.1 Å². The van der Waals surface area contributed by atoms with Gasteiger partial charge >= 0.3 is 6.61 Å². The van der Waals surface area contributed by atoms with Crippen molar-refractivity contribution >= 4 is 29.3 Å². The number of benzene rings is 2. The molecule has 0 bridgehead atoms. The molecule has 1 heterocycles. The van der Waals surface area contributed by atoms with Gasteiger partial charge in [0, 0.05) is 30.3 Å². The van der Waals surface area contributed by atoms with Crippen LogP contribution in [0.5, 0.6) is 5.75 Å². The predicted octanol–water partition coefficient (Wildman–Crippen LogP) is 4.03. The summed E-state index contributed by atoms with van der Waals surface area (Å²) in [6, 6.07) is 11.1. The molecule has 2 amide bonds. The zero-order valence-corrected chi connectivity index (χ0v) is 16.3. The molecular formula is C22H23F2N3O3. The smallest absolute Gasteiger partial charge is 0.387 e. The highest BCUT2D eigenvalue weighted by Crippen LogP contribution is 2.30. The highest BCUT2D eigenvalue weighted by molar-refractivity contribution is 6.05. The number of amides is 2. The first-order valence-corrected chi connectivity index (χ1v) is 9.66. The second kappa shape index (κ2) is 9.87. The number of para-hydroxylation sites is 1. The van der Waals surface area contributed by atoms with Crippen LogP contribution >= 0.6 is 0 Å². The van der Waals surface area contributed by atoms with E-state index in [-0.39, 0.29) is 11.3 Å². The van der Waals surface area contributed by atoms with E-state index in [1.807, 2.05) is 0 Å². The molecule has 3 rings (SSSR count). The van der Waals surface area contributed by atoms with Crippen LogP contribution in [0, 0.1) is 0 Å². The second-order valence-electron chi connectivity index (χ2n) is 6.88. The lowest BCUT2D eigenvalue weighted by atomic mass is 10.1. The van der Waals surface area contributed by atoms with Gasteiger partial charge in [-0.25, -0.2) is 0 Å². The van der Waals surface area contributed by atoms with Gasteiger partial charge in [-0.2, -0.15) is 8.78 Å². The van der Waals surface area contributed by atoms with Crippen LogP contribution in [0.4, 0.5) is 20.2 Å². The van der Waals surface area contributed by atoms with Crippen LogP contribution in [0.3, 0.4) is 0 Å². The lowest BCUT2D eigenvalue weighted by Gasteiger charge is -2.30. The minimum absolute atomic E-state index is 0.0266. The molecule has 2 aromatic carbocycles. The fourth-order valence-corrected chi connectivity index (χ4v) is 3.36. The molecule has 0 aliphatic carbocycles. The zero-order chi connectivity index (χ0) is 21.5. The molecule has 30 heavy (non-hydrogen) atoms. The van der Waals surface area contributed by atoms with Crippen LogP contribution in [0.1, 0.15) is 35.2 Å². The normalized spacial score (nSPS) is 14.2. The Bertz CT molecular complexity index is 941. The largest absolute Gasteiger partial charge is 0.434 e. The minimum Gasteiger partial charge on any atom is -0.434 e. The molecule has 2 aromatic rings. The molecule has 1 saturated heterocycles. The van der Waals surface area contributed by atoms with Crippen molar-refractivity contribution in [2.75, 3.05) is 23.3 Å². The Kier molecular flexibility index (Phi) is 7.00. The molecule has 1 aliphatic rings. The SMILES string of the molecule is NC(=O)c1ccc(N2CCCCC2)c(NC(=O)C=Cc2ccccc2OC(F)F)c1. The summed E-state index contributed by atoms with van der Waals surface area (Å²) in [5.74, 6) is -1.09. The second-order valence-corrected chi connectivity index (χ2v) is 6.88.